The van der Waals surface area contributed by atoms with E-state index in [2.05, 4.69) is 15.3 Å². The van der Waals surface area contributed by atoms with Crippen molar-refractivity contribution in [2.75, 3.05) is 45.9 Å². The van der Waals surface area contributed by atoms with E-state index in [4.69, 9.17) is 16.3 Å². The van der Waals surface area contributed by atoms with Crippen LogP contribution in [0.1, 0.15) is 44.4 Å². The third-order valence-electron chi connectivity index (χ3n) is 6.49. The highest BCUT2D eigenvalue weighted by Crippen LogP contribution is 2.34. The van der Waals surface area contributed by atoms with Crippen LogP contribution >= 0.6 is 11.6 Å². The lowest BCUT2D eigenvalue weighted by atomic mass is 9.98. The zero-order valence-corrected chi connectivity index (χ0v) is 22.9. The Bertz CT molecular complexity index is 1160. The Labute approximate surface area is 228 Å². The first kappa shape index (κ1) is 28.0. The van der Waals surface area contributed by atoms with Crippen LogP contribution in [0.5, 0.6) is 0 Å². The average Bonchev–Trinajstić information content (AvgIpc) is 3.32. The molecule has 1 fully saturated rings. The van der Waals surface area contributed by atoms with Crippen LogP contribution in [-0.2, 0) is 9.53 Å². The summed E-state index contributed by atoms with van der Waals surface area (Å²) < 4.78 is 20.0. The molecule has 3 amide bonds. The van der Waals surface area contributed by atoms with Crippen molar-refractivity contribution in [2.24, 2.45) is 5.10 Å². The molecule has 10 heteroatoms. The van der Waals surface area contributed by atoms with Gasteiger partial charge in [-0.2, -0.15) is 5.10 Å². The highest BCUT2D eigenvalue weighted by Gasteiger charge is 2.35. The van der Waals surface area contributed by atoms with Gasteiger partial charge in [-0.25, -0.2) is 14.2 Å². The van der Waals surface area contributed by atoms with Crippen LogP contribution in [-0.4, -0.2) is 83.9 Å². The quantitative estimate of drug-likeness (QED) is 0.565. The molecule has 204 valence electrons. The second-order valence-electron chi connectivity index (χ2n) is 10.6. The van der Waals surface area contributed by atoms with Crippen LogP contribution in [0.15, 0.2) is 53.6 Å². The number of nitrogens with one attached hydrogen (secondary N) is 1. The van der Waals surface area contributed by atoms with Gasteiger partial charge >= 0.3 is 6.03 Å². The molecule has 2 aliphatic heterocycles. The van der Waals surface area contributed by atoms with Crippen LogP contribution in [0.3, 0.4) is 0 Å². The van der Waals surface area contributed by atoms with Crippen molar-refractivity contribution in [1.29, 1.82) is 0 Å². The summed E-state index contributed by atoms with van der Waals surface area (Å²) in [6.07, 6.45) is 0.344. The largest absolute Gasteiger partial charge is 0.379 e. The van der Waals surface area contributed by atoms with E-state index in [-0.39, 0.29) is 18.5 Å². The molecule has 38 heavy (non-hydrogen) atoms. The van der Waals surface area contributed by atoms with Gasteiger partial charge in [0.2, 0.25) is 0 Å². The van der Waals surface area contributed by atoms with Crippen molar-refractivity contribution >= 4 is 29.3 Å². The van der Waals surface area contributed by atoms with Gasteiger partial charge in [0.15, 0.2) is 0 Å². The topological polar surface area (TPSA) is 77.5 Å². The summed E-state index contributed by atoms with van der Waals surface area (Å²) in [7, 11) is 0. The number of carbonyl (C=O) groups excluding carboxylic acids is 2. The molecule has 1 N–H and O–H groups in total. The third kappa shape index (κ3) is 7.30. The number of hydrogen-bond acceptors (Lipinski definition) is 5. The molecule has 2 aliphatic rings. The van der Waals surface area contributed by atoms with Gasteiger partial charge in [0.1, 0.15) is 12.4 Å². The summed E-state index contributed by atoms with van der Waals surface area (Å²) in [5.74, 6) is -0.741. The summed E-state index contributed by atoms with van der Waals surface area (Å²) in [6.45, 7) is 9.39. The molecule has 8 nitrogen and oxygen atoms in total. The highest BCUT2D eigenvalue weighted by molar-refractivity contribution is 6.30. The van der Waals surface area contributed by atoms with E-state index in [1.54, 1.807) is 30.3 Å². The number of nitrogens with zero attached hydrogens (tertiary/aromatic N) is 4. The number of ether oxygens (including phenoxy) is 1. The first-order valence-corrected chi connectivity index (χ1v) is 13.3. The summed E-state index contributed by atoms with van der Waals surface area (Å²) >= 11 is 6.10. The predicted octanol–water partition coefficient (Wildman–Crippen LogP) is 4.30. The maximum Gasteiger partial charge on any atom is 0.318 e. The van der Waals surface area contributed by atoms with Crippen molar-refractivity contribution in [3.63, 3.8) is 0 Å². The molecule has 1 saturated heterocycles. The molecule has 0 bridgehead atoms. The monoisotopic (exact) mass is 543 g/mol. The van der Waals surface area contributed by atoms with Crippen LogP contribution < -0.4 is 5.32 Å². The average molecular weight is 544 g/mol. The van der Waals surface area contributed by atoms with E-state index in [1.807, 2.05) is 32.9 Å². The molecular weight excluding hydrogens is 509 g/mol. The molecular formula is C28H35ClFN5O3. The fraction of sp³-hybridized carbons (Fsp3) is 0.464. The van der Waals surface area contributed by atoms with Crippen LogP contribution in [0.2, 0.25) is 5.02 Å². The smallest absolute Gasteiger partial charge is 0.318 e. The van der Waals surface area contributed by atoms with Gasteiger partial charge in [-0.3, -0.25) is 9.69 Å². The van der Waals surface area contributed by atoms with Gasteiger partial charge in [-0.1, -0.05) is 41.9 Å². The maximum absolute atomic E-state index is 14.6. The summed E-state index contributed by atoms with van der Waals surface area (Å²) in [5, 5.41) is 9.51. The Kier molecular flexibility index (Phi) is 9.02. The molecule has 0 radical (unpaired) electrons. The maximum atomic E-state index is 14.6. The Balaban J connectivity index is 1.58. The number of rotatable bonds is 7. The minimum absolute atomic E-state index is 0.162. The summed E-state index contributed by atoms with van der Waals surface area (Å²) in [5.41, 5.74) is 1.20. The highest BCUT2D eigenvalue weighted by atomic mass is 35.5. The van der Waals surface area contributed by atoms with Gasteiger partial charge in [-0.05, 0) is 44.5 Å². The van der Waals surface area contributed by atoms with Gasteiger partial charge < -0.3 is 15.0 Å². The van der Waals surface area contributed by atoms with Crippen LogP contribution in [0.4, 0.5) is 9.18 Å². The Hall–Kier alpha value is -3.01. The number of halogens is 2. The van der Waals surface area contributed by atoms with E-state index >= 15 is 0 Å². The SMILES string of the molecule is CC(C)(C)NC(=O)N(CCN1CCOCC1)CC(=O)N1N=C(c2ccccc2F)C[C@@H]1c1ccc(Cl)cc1. The molecule has 0 spiro atoms. The lowest BCUT2D eigenvalue weighted by molar-refractivity contribution is -0.133. The lowest BCUT2D eigenvalue weighted by Gasteiger charge is -2.32. The minimum atomic E-state index is -0.465. The summed E-state index contributed by atoms with van der Waals surface area (Å²) in [6, 6.07) is 12.8. The molecule has 0 saturated carbocycles. The number of benzene rings is 2. The Morgan fingerprint density at radius 2 is 1.82 bits per heavy atom. The van der Waals surface area contributed by atoms with E-state index in [9.17, 15) is 14.0 Å². The predicted molar refractivity (Wildman–Crippen MR) is 146 cm³/mol. The van der Waals surface area contributed by atoms with E-state index < -0.39 is 17.4 Å². The zero-order chi connectivity index (χ0) is 27.3. The standard InChI is InChI=1S/C28H35ClFN5O3/c1-28(2,3)31-27(37)34(13-12-33-14-16-38-17-15-33)19-26(36)35-25(20-8-10-21(29)11-9-20)18-24(32-35)22-6-4-5-7-23(22)30/h4-11,25H,12-19H2,1-3H3,(H,31,37)/t25-/m1/s1. The van der Waals surface area contributed by atoms with Gasteiger partial charge in [0.25, 0.3) is 5.91 Å². The number of morpholine rings is 1. The molecule has 0 unspecified atom stereocenters. The second kappa shape index (κ2) is 12.2. The van der Waals surface area contributed by atoms with Crippen LogP contribution in [0.25, 0.3) is 0 Å². The van der Waals surface area contributed by atoms with Crippen LogP contribution in [0, 0.1) is 5.82 Å². The van der Waals surface area contributed by atoms with Crippen molar-refractivity contribution in [3.05, 3.63) is 70.5 Å². The van der Waals surface area contributed by atoms with E-state index in [0.717, 1.165) is 18.7 Å². The third-order valence-corrected chi connectivity index (χ3v) is 6.74. The second-order valence-corrected chi connectivity index (χ2v) is 11.0. The number of hydrazone groups is 1. The van der Waals surface area contributed by atoms with Gasteiger partial charge in [-0.15, -0.1) is 0 Å². The van der Waals surface area contributed by atoms with Gasteiger partial charge in [0, 0.05) is 48.7 Å². The number of hydrogen-bond donors (Lipinski definition) is 1. The summed E-state index contributed by atoms with van der Waals surface area (Å²) in [4.78, 5) is 30.7. The van der Waals surface area contributed by atoms with Gasteiger partial charge in [0.05, 0.1) is 25.0 Å². The van der Waals surface area contributed by atoms with E-state index in [1.165, 1.54) is 16.0 Å². The molecule has 0 aliphatic carbocycles. The zero-order valence-electron chi connectivity index (χ0n) is 22.1. The number of urea groups is 1. The van der Waals surface area contributed by atoms with E-state index in [0.29, 0.717) is 49.0 Å². The Morgan fingerprint density at radius 1 is 1.13 bits per heavy atom. The first-order chi connectivity index (χ1) is 18.1. The van der Waals surface area contributed by atoms with Crippen molar-refractivity contribution in [3.8, 4) is 0 Å². The molecule has 2 aromatic carbocycles. The van der Waals surface area contributed by atoms with Crippen molar-refractivity contribution < 1.29 is 18.7 Å². The van der Waals surface area contributed by atoms with Crippen molar-refractivity contribution in [2.45, 2.75) is 38.8 Å². The number of amides is 3. The molecule has 1 atom stereocenters. The minimum Gasteiger partial charge on any atom is -0.379 e. The first-order valence-electron chi connectivity index (χ1n) is 12.9. The molecule has 2 heterocycles. The normalized spacial score (nSPS) is 18.3. The molecule has 2 aromatic rings. The molecule has 0 aromatic heterocycles. The fourth-order valence-corrected chi connectivity index (χ4v) is 4.64. The van der Waals surface area contributed by atoms with Crippen molar-refractivity contribution in [1.82, 2.24) is 20.1 Å². The number of carbonyl (C=O) groups is 2. The lowest BCUT2D eigenvalue weighted by Crippen LogP contribution is -2.53. The molecule has 4 rings (SSSR count). The Morgan fingerprint density at radius 3 is 2.47 bits per heavy atom. The fourth-order valence-electron chi connectivity index (χ4n) is 4.52.